The van der Waals surface area contributed by atoms with Gasteiger partial charge in [-0.2, -0.15) is 0 Å². The second-order valence-electron chi connectivity index (χ2n) is 7.32. The molecule has 1 nitrogen and oxygen atoms in total. The Morgan fingerprint density at radius 2 is 1.03 bits per heavy atom. The molecule has 1 heterocycles. The van der Waals surface area contributed by atoms with Crippen molar-refractivity contribution in [1.29, 1.82) is 0 Å². The van der Waals surface area contributed by atoms with Crippen LogP contribution in [0.15, 0.2) is 99.9 Å². The molecule has 138 valence electrons. The molecule has 0 unspecified atom stereocenters. The molecule has 0 N–H and O–H groups in total. The smallest absolute Gasteiger partial charge is 0.0546 e. The molecule has 0 amide bonds. The van der Waals surface area contributed by atoms with Crippen molar-refractivity contribution < 1.29 is 0 Å². The summed E-state index contributed by atoms with van der Waals surface area (Å²) in [5, 5.41) is 7.57. The van der Waals surface area contributed by atoms with E-state index >= 15 is 0 Å². The van der Waals surface area contributed by atoms with E-state index in [9.17, 15) is 0 Å². The summed E-state index contributed by atoms with van der Waals surface area (Å²) in [6.07, 6.45) is 0. The van der Waals surface area contributed by atoms with Gasteiger partial charge in [0.15, 0.2) is 0 Å². The van der Waals surface area contributed by atoms with Crippen molar-refractivity contribution >= 4 is 75.2 Å². The zero-order chi connectivity index (χ0) is 19.5. The normalized spacial score (nSPS) is 11.8. The number of fused-ring (bicyclic) bond motifs is 6. The van der Waals surface area contributed by atoms with Gasteiger partial charge >= 0.3 is 0 Å². The zero-order valence-electron chi connectivity index (χ0n) is 15.4. The topological polar surface area (TPSA) is 4.93 Å². The maximum atomic E-state index is 3.65. The monoisotopic (exact) mass is 499 g/mol. The van der Waals surface area contributed by atoms with Crippen molar-refractivity contribution in [3.63, 3.8) is 0 Å². The van der Waals surface area contributed by atoms with Gasteiger partial charge in [-0.25, -0.2) is 0 Å². The average molecular weight is 501 g/mol. The molecule has 1 aromatic heterocycles. The Hall–Kier alpha value is -2.62. The van der Waals surface area contributed by atoms with Crippen molar-refractivity contribution in [3.8, 4) is 5.69 Å². The SMILES string of the molecule is Brc1ccc2c(c1)c1cc(Br)ccc1n2-c1cc2ccccc2c2ccccc12. The van der Waals surface area contributed by atoms with Gasteiger partial charge in [-0.15, -0.1) is 0 Å². The maximum absolute atomic E-state index is 3.65. The van der Waals surface area contributed by atoms with Crippen LogP contribution in [0.25, 0.3) is 49.0 Å². The van der Waals surface area contributed by atoms with Gasteiger partial charge in [0.25, 0.3) is 0 Å². The predicted molar refractivity (Wildman–Crippen MR) is 131 cm³/mol. The van der Waals surface area contributed by atoms with Crippen LogP contribution in [0.5, 0.6) is 0 Å². The number of benzene rings is 5. The lowest BCUT2D eigenvalue weighted by molar-refractivity contribution is 1.20. The highest BCUT2D eigenvalue weighted by Gasteiger charge is 2.16. The number of hydrogen-bond acceptors (Lipinski definition) is 0. The lowest BCUT2D eigenvalue weighted by Gasteiger charge is -2.14. The largest absolute Gasteiger partial charge is 0.309 e. The van der Waals surface area contributed by atoms with Gasteiger partial charge in [-0.3, -0.25) is 0 Å². The second-order valence-corrected chi connectivity index (χ2v) is 9.15. The maximum Gasteiger partial charge on any atom is 0.0546 e. The standard InChI is InChI=1S/C26H15Br2N/c27-17-9-11-24-22(14-17)23-15-18(28)10-12-25(23)29(24)26-13-16-5-1-2-6-19(16)20-7-3-4-8-21(20)26/h1-15H. The van der Waals surface area contributed by atoms with E-state index in [-0.39, 0.29) is 0 Å². The number of hydrogen-bond donors (Lipinski definition) is 0. The molecular formula is C26H15Br2N. The fourth-order valence-electron chi connectivity index (χ4n) is 4.45. The van der Waals surface area contributed by atoms with Crippen molar-refractivity contribution in [3.05, 3.63) is 99.9 Å². The molecule has 6 rings (SSSR count). The van der Waals surface area contributed by atoms with E-state index in [1.54, 1.807) is 0 Å². The summed E-state index contributed by atoms with van der Waals surface area (Å²) in [6.45, 7) is 0. The van der Waals surface area contributed by atoms with Gasteiger partial charge < -0.3 is 4.57 Å². The summed E-state index contributed by atoms with van der Waals surface area (Å²) in [4.78, 5) is 0. The Kier molecular flexibility index (Phi) is 3.84. The summed E-state index contributed by atoms with van der Waals surface area (Å²) < 4.78 is 4.58. The molecule has 0 bridgehead atoms. The van der Waals surface area contributed by atoms with Crippen LogP contribution in [0.3, 0.4) is 0 Å². The summed E-state index contributed by atoms with van der Waals surface area (Å²) in [7, 11) is 0. The van der Waals surface area contributed by atoms with E-state index < -0.39 is 0 Å². The average Bonchev–Trinajstić information content (AvgIpc) is 3.06. The van der Waals surface area contributed by atoms with Gasteiger partial charge in [-0.05, 0) is 58.6 Å². The lowest BCUT2D eigenvalue weighted by atomic mass is 10.00. The van der Waals surface area contributed by atoms with Crippen molar-refractivity contribution in [2.45, 2.75) is 0 Å². The highest BCUT2D eigenvalue weighted by atomic mass is 79.9. The Bertz CT molecular complexity index is 1520. The van der Waals surface area contributed by atoms with Crippen molar-refractivity contribution in [1.82, 2.24) is 4.57 Å². The van der Waals surface area contributed by atoms with Crippen LogP contribution in [0.1, 0.15) is 0 Å². The minimum absolute atomic E-state index is 1.09. The van der Waals surface area contributed by atoms with Crippen molar-refractivity contribution in [2.75, 3.05) is 0 Å². The quantitative estimate of drug-likeness (QED) is 0.199. The molecule has 5 aromatic carbocycles. The van der Waals surface area contributed by atoms with Crippen LogP contribution in [0.2, 0.25) is 0 Å². The van der Waals surface area contributed by atoms with Crippen LogP contribution in [-0.2, 0) is 0 Å². The number of rotatable bonds is 1. The van der Waals surface area contributed by atoms with E-state index in [2.05, 4.69) is 127 Å². The van der Waals surface area contributed by atoms with Crippen LogP contribution in [0, 0.1) is 0 Å². The third-order valence-corrected chi connectivity index (χ3v) is 6.66. The zero-order valence-corrected chi connectivity index (χ0v) is 18.5. The summed E-state index contributed by atoms with van der Waals surface area (Å²) >= 11 is 7.31. The number of nitrogens with zero attached hydrogens (tertiary/aromatic N) is 1. The fourth-order valence-corrected chi connectivity index (χ4v) is 5.17. The molecular weight excluding hydrogens is 486 g/mol. The van der Waals surface area contributed by atoms with E-state index in [4.69, 9.17) is 0 Å². The molecule has 0 spiro atoms. The summed E-state index contributed by atoms with van der Waals surface area (Å²) in [5.74, 6) is 0. The Balaban J connectivity index is 1.86. The first kappa shape index (κ1) is 17.3. The summed E-state index contributed by atoms with van der Waals surface area (Å²) in [6, 6.07) is 32.7. The molecule has 0 aliphatic rings. The molecule has 0 saturated carbocycles. The number of aromatic nitrogens is 1. The van der Waals surface area contributed by atoms with Crippen LogP contribution < -0.4 is 0 Å². The minimum atomic E-state index is 1.09. The first-order chi connectivity index (χ1) is 14.2. The van der Waals surface area contributed by atoms with E-state index in [0.29, 0.717) is 0 Å². The van der Waals surface area contributed by atoms with E-state index in [0.717, 1.165) is 8.95 Å². The van der Waals surface area contributed by atoms with Crippen LogP contribution >= 0.6 is 31.9 Å². The molecule has 3 heteroatoms. The first-order valence-electron chi connectivity index (χ1n) is 9.51. The molecule has 0 aliphatic carbocycles. The Morgan fingerprint density at radius 1 is 0.483 bits per heavy atom. The van der Waals surface area contributed by atoms with Gasteiger partial charge in [0.1, 0.15) is 0 Å². The highest BCUT2D eigenvalue weighted by Crippen LogP contribution is 2.39. The van der Waals surface area contributed by atoms with Gasteiger partial charge in [0.2, 0.25) is 0 Å². The Morgan fingerprint density at radius 3 is 1.69 bits per heavy atom. The highest BCUT2D eigenvalue weighted by molar-refractivity contribution is 9.10. The third-order valence-electron chi connectivity index (χ3n) is 5.68. The van der Waals surface area contributed by atoms with E-state index in [1.165, 1.54) is 49.0 Å². The second kappa shape index (κ2) is 6.45. The molecule has 0 radical (unpaired) electrons. The molecule has 6 aromatic rings. The van der Waals surface area contributed by atoms with Crippen molar-refractivity contribution in [2.24, 2.45) is 0 Å². The molecule has 29 heavy (non-hydrogen) atoms. The van der Waals surface area contributed by atoms with Gasteiger partial charge in [0.05, 0.1) is 16.7 Å². The molecule has 0 saturated heterocycles. The Labute approximate surface area is 184 Å². The third kappa shape index (κ3) is 2.58. The fraction of sp³-hybridized carbons (Fsp3) is 0. The summed E-state index contributed by atoms with van der Waals surface area (Å²) in [5.41, 5.74) is 3.63. The van der Waals surface area contributed by atoms with Gasteiger partial charge in [-0.1, -0.05) is 80.4 Å². The molecule has 0 aliphatic heterocycles. The minimum Gasteiger partial charge on any atom is -0.309 e. The van der Waals surface area contributed by atoms with Crippen LogP contribution in [0.4, 0.5) is 0 Å². The number of halogens is 2. The molecule has 0 atom stereocenters. The lowest BCUT2D eigenvalue weighted by Crippen LogP contribution is -1.96. The molecule has 0 fully saturated rings. The van der Waals surface area contributed by atoms with Gasteiger partial charge in [0, 0.05) is 25.1 Å². The first-order valence-corrected chi connectivity index (χ1v) is 11.1. The predicted octanol–water partition coefficient (Wildman–Crippen LogP) is 8.62. The van der Waals surface area contributed by atoms with E-state index in [1.807, 2.05) is 0 Å². The van der Waals surface area contributed by atoms with Crippen LogP contribution in [-0.4, -0.2) is 4.57 Å².